The van der Waals surface area contributed by atoms with Crippen molar-refractivity contribution in [2.45, 2.75) is 45.2 Å². The zero-order valence-corrected chi connectivity index (χ0v) is 12.2. The van der Waals surface area contributed by atoms with E-state index in [0.717, 1.165) is 24.3 Å². The number of nitrogens with zero attached hydrogens (tertiary/aromatic N) is 1. The number of carbonyl (C=O) groups excluding carboxylic acids is 1. The molecule has 0 aliphatic heterocycles. The Balaban J connectivity index is 1.82. The molecule has 1 N–H and O–H groups in total. The Kier molecular flexibility index (Phi) is 4.99. The Morgan fingerprint density at radius 1 is 1.35 bits per heavy atom. The second kappa shape index (κ2) is 6.73. The van der Waals surface area contributed by atoms with E-state index in [1.807, 2.05) is 13.1 Å². The lowest BCUT2D eigenvalue weighted by atomic mass is 9.87. The molecule has 1 aliphatic rings. The van der Waals surface area contributed by atoms with Crippen LogP contribution in [-0.2, 0) is 6.54 Å². The van der Waals surface area contributed by atoms with Crippen LogP contribution in [0.3, 0.4) is 0 Å². The fraction of sp³-hybridized carbons (Fsp3) is 0.562. The van der Waals surface area contributed by atoms with E-state index in [-0.39, 0.29) is 11.8 Å². The summed E-state index contributed by atoms with van der Waals surface area (Å²) in [4.78, 5) is 13.9. The molecule has 20 heavy (non-hydrogen) atoms. The van der Waals surface area contributed by atoms with Gasteiger partial charge in [-0.2, -0.15) is 0 Å². The van der Waals surface area contributed by atoms with E-state index in [1.165, 1.54) is 25.0 Å². The molecule has 0 radical (unpaired) electrons. The molecule has 0 bridgehead atoms. The molecule has 0 unspecified atom stereocenters. The number of carbonyl (C=O) groups is 1. The van der Waals surface area contributed by atoms with Crippen molar-refractivity contribution in [1.82, 2.24) is 10.2 Å². The molecule has 1 saturated carbocycles. The molecule has 2 rings (SSSR count). The SMILES string of the molecule is CC1CCC(N(C)C(=O)NCc2cccc(F)c2)CC1. The van der Waals surface area contributed by atoms with Gasteiger partial charge in [0, 0.05) is 19.6 Å². The van der Waals surface area contributed by atoms with E-state index in [1.54, 1.807) is 11.0 Å². The standard InChI is InChI=1S/C16H23FN2O/c1-12-6-8-15(9-7-12)19(2)16(20)18-11-13-4-3-5-14(17)10-13/h3-5,10,12,15H,6-9,11H2,1-2H3,(H,18,20). The number of nitrogens with one attached hydrogen (secondary N) is 1. The summed E-state index contributed by atoms with van der Waals surface area (Å²) in [5.41, 5.74) is 0.781. The van der Waals surface area contributed by atoms with Crippen molar-refractivity contribution in [3.8, 4) is 0 Å². The molecule has 1 fully saturated rings. The first-order valence-corrected chi connectivity index (χ1v) is 7.31. The van der Waals surface area contributed by atoms with Crippen molar-refractivity contribution in [1.29, 1.82) is 0 Å². The van der Waals surface area contributed by atoms with Gasteiger partial charge in [-0.1, -0.05) is 19.1 Å². The zero-order chi connectivity index (χ0) is 14.5. The zero-order valence-electron chi connectivity index (χ0n) is 12.2. The molecule has 2 amide bonds. The Bertz CT molecular complexity index is 456. The molecule has 110 valence electrons. The third-order valence-electron chi connectivity index (χ3n) is 4.19. The summed E-state index contributed by atoms with van der Waals surface area (Å²) in [5.74, 6) is 0.501. The topological polar surface area (TPSA) is 32.3 Å². The Morgan fingerprint density at radius 2 is 2.05 bits per heavy atom. The monoisotopic (exact) mass is 278 g/mol. The van der Waals surface area contributed by atoms with Crippen LogP contribution in [0.25, 0.3) is 0 Å². The van der Waals surface area contributed by atoms with E-state index < -0.39 is 0 Å². The molecule has 4 heteroatoms. The van der Waals surface area contributed by atoms with Gasteiger partial charge in [-0.3, -0.25) is 0 Å². The number of benzene rings is 1. The van der Waals surface area contributed by atoms with E-state index >= 15 is 0 Å². The van der Waals surface area contributed by atoms with Crippen molar-refractivity contribution in [2.75, 3.05) is 7.05 Å². The molecule has 0 aromatic heterocycles. The fourth-order valence-electron chi connectivity index (χ4n) is 2.74. The van der Waals surface area contributed by atoms with E-state index in [9.17, 15) is 9.18 Å². The average molecular weight is 278 g/mol. The number of hydrogen-bond acceptors (Lipinski definition) is 1. The first-order valence-electron chi connectivity index (χ1n) is 7.31. The van der Waals surface area contributed by atoms with Gasteiger partial charge < -0.3 is 10.2 Å². The molecule has 3 nitrogen and oxygen atoms in total. The van der Waals surface area contributed by atoms with Crippen molar-refractivity contribution < 1.29 is 9.18 Å². The van der Waals surface area contributed by atoms with Crippen LogP contribution >= 0.6 is 0 Å². The fourth-order valence-corrected chi connectivity index (χ4v) is 2.74. The molecule has 1 aromatic carbocycles. The molecular weight excluding hydrogens is 255 g/mol. The summed E-state index contributed by atoms with van der Waals surface area (Å²) in [6, 6.07) is 6.57. The highest BCUT2D eigenvalue weighted by Crippen LogP contribution is 2.26. The van der Waals surface area contributed by atoms with Gasteiger partial charge in [-0.05, 0) is 49.3 Å². The molecule has 0 atom stereocenters. The largest absolute Gasteiger partial charge is 0.334 e. The van der Waals surface area contributed by atoms with Crippen molar-refractivity contribution in [3.05, 3.63) is 35.6 Å². The summed E-state index contributed by atoms with van der Waals surface area (Å²) >= 11 is 0. The highest BCUT2D eigenvalue weighted by atomic mass is 19.1. The summed E-state index contributed by atoms with van der Waals surface area (Å²) in [5, 5.41) is 2.85. The predicted octanol–water partition coefficient (Wildman–Crippen LogP) is 3.55. The Morgan fingerprint density at radius 3 is 2.70 bits per heavy atom. The molecule has 1 aliphatic carbocycles. The van der Waals surface area contributed by atoms with Crippen molar-refractivity contribution >= 4 is 6.03 Å². The number of urea groups is 1. The lowest BCUT2D eigenvalue weighted by molar-refractivity contribution is 0.163. The number of rotatable bonds is 3. The minimum atomic E-state index is -0.272. The van der Waals surface area contributed by atoms with E-state index in [4.69, 9.17) is 0 Å². The van der Waals surface area contributed by atoms with Crippen LogP contribution in [0.4, 0.5) is 9.18 Å². The van der Waals surface area contributed by atoms with Gasteiger partial charge in [0.2, 0.25) is 0 Å². The number of hydrogen-bond donors (Lipinski definition) is 1. The average Bonchev–Trinajstić information content (AvgIpc) is 2.45. The predicted molar refractivity (Wildman–Crippen MR) is 77.8 cm³/mol. The lowest BCUT2D eigenvalue weighted by Gasteiger charge is -2.33. The van der Waals surface area contributed by atoms with E-state index in [0.29, 0.717) is 12.6 Å². The van der Waals surface area contributed by atoms with Gasteiger partial charge in [0.25, 0.3) is 0 Å². The molecule has 1 aromatic rings. The Labute approximate surface area is 120 Å². The molecular formula is C16H23FN2O. The van der Waals surface area contributed by atoms with Gasteiger partial charge in [0.05, 0.1) is 0 Å². The third kappa shape index (κ3) is 3.95. The summed E-state index contributed by atoms with van der Waals surface area (Å²) < 4.78 is 13.1. The van der Waals surface area contributed by atoms with Gasteiger partial charge in [0.15, 0.2) is 0 Å². The summed E-state index contributed by atoms with van der Waals surface area (Å²) in [7, 11) is 1.85. The minimum Gasteiger partial charge on any atom is -0.334 e. The summed E-state index contributed by atoms with van der Waals surface area (Å²) in [6.45, 7) is 2.63. The maximum atomic E-state index is 13.1. The summed E-state index contributed by atoms with van der Waals surface area (Å²) in [6.07, 6.45) is 4.52. The van der Waals surface area contributed by atoms with Crippen LogP contribution < -0.4 is 5.32 Å². The number of halogens is 1. The van der Waals surface area contributed by atoms with Crippen molar-refractivity contribution in [3.63, 3.8) is 0 Å². The van der Waals surface area contributed by atoms with Crippen LogP contribution in [0.2, 0.25) is 0 Å². The highest BCUT2D eigenvalue weighted by molar-refractivity contribution is 5.74. The van der Waals surface area contributed by atoms with E-state index in [2.05, 4.69) is 12.2 Å². The first kappa shape index (κ1) is 14.8. The van der Waals surface area contributed by atoms with Gasteiger partial charge in [-0.25, -0.2) is 9.18 Å². The quantitative estimate of drug-likeness (QED) is 0.901. The minimum absolute atomic E-state index is 0.0752. The molecule has 0 spiro atoms. The van der Waals surface area contributed by atoms with Gasteiger partial charge in [-0.15, -0.1) is 0 Å². The molecule has 0 heterocycles. The smallest absolute Gasteiger partial charge is 0.317 e. The van der Waals surface area contributed by atoms with Gasteiger partial charge >= 0.3 is 6.03 Å². The second-order valence-electron chi connectivity index (χ2n) is 5.81. The maximum Gasteiger partial charge on any atom is 0.317 e. The van der Waals surface area contributed by atoms with Crippen LogP contribution in [0.1, 0.15) is 38.2 Å². The second-order valence-corrected chi connectivity index (χ2v) is 5.81. The normalized spacial score (nSPS) is 22.4. The third-order valence-corrected chi connectivity index (χ3v) is 4.19. The highest BCUT2D eigenvalue weighted by Gasteiger charge is 2.24. The van der Waals surface area contributed by atoms with Crippen LogP contribution in [0.5, 0.6) is 0 Å². The number of amides is 2. The lowest BCUT2D eigenvalue weighted by Crippen LogP contribution is -2.44. The molecule has 0 saturated heterocycles. The first-order chi connectivity index (χ1) is 9.56. The van der Waals surface area contributed by atoms with Crippen LogP contribution in [-0.4, -0.2) is 24.0 Å². The Hall–Kier alpha value is -1.58. The maximum absolute atomic E-state index is 13.1. The van der Waals surface area contributed by atoms with Crippen molar-refractivity contribution in [2.24, 2.45) is 5.92 Å². The van der Waals surface area contributed by atoms with Crippen LogP contribution in [0, 0.1) is 11.7 Å². The van der Waals surface area contributed by atoms with Crippen LogP contribution in [0.15, 0.2) is 24.3 Å². The van der Waals surface area contributed by atoms with Gasteiger partial charge in [0.1, 0.15) is 5.82 Å².